The molecule has 0 bridgehead atoms. The summed E-state index contributed by atoms with van der Waals surface area (Å²) in [6.07, 6.45) is 3.66. The third-order valence-electron chi connectivity index (χ3n) is 3.21. The Balaban J connectivity index is 2.04. The minimum atomic E-state index is 0.175. The summed E-state index contributed by atoms with van der Waals surface area (Å²) in [7, 11) is 1.95. The fourth-order valence-corrected chi connectivity index (χ4v) is 2.51. The van der Waals surface area contributed by atoms with Crippen LogP contribution in [-0.2, 0) is 13.5 Å². The van der Waals surface area contributed by atoms with Gasteiger partial charge < -0.3 is 5.11 Å². The predicted molar refractivity (Wildman–Crippen MR) is 75.5 cm³/mol. The van der Waals surface area contributed by atoms with Gasteiger partial charge >= 0.3 is 0 Å². The van der Waals surface area contributed by atoms with Crippen molar-refractivity contribution in [3.63, 3.8) is 0 Å². The van der Waals surface area contributed by atoms with Gasteiger partial charge in [-0.05, 0) is 36.6 Å². The molecule has 18 heavy (non-hydrogen) atoms. The molecule has 2 aromatic rings. The Morgan fingerprint density at radius 1 is 1.39 bits per heavy atom. The van der Waals surface area contributed by atoms with Crippen LogP contribution >= 0.6 is 15.9 Å². The molecule has 0 amide bonds. The van der Waals surface area contributed by atoms with Crippen LogP contribution in [0.25, 0.3) is 0 Å². The highest BCUT2D eigenvalue weighted by molar-refractivity contribution is 9.10. The van der Waals surface area contributed by atoms with E-state index in [0.717, 1.165) is 17.3 Å². The van der Waals surface area contributed by atoms with Gasteiger partial charge in [0, 0.05) is 35.9 Å². The number of halogens is 1. The van der Waals surface area contributed by atoms with Crippen molar-refractivity contribution in [2.45, 2.75) is 18.8 Å². The van der Waals surface area contributed by atoms with E-state index in [1.807, 2.05) is 36.1 Å². The fourth-order valence-electron chi connectivity index (χ4n) is 2.09. The number of aliphatic hydroxyl groups is 1. The molecule has 1 aromatic carbocycles. The molecule has 0 saturated heterocycles. The largest absolute Gasteiger partial charge is 0.396 e. The molecule has 2 rings (SSSR count). The predicted octanol–water partition coefficient (Wildman–Crippen LogP) is 2.89. The van der Waals surface area contributed by atoms with Crippen LogP contribution in [0.3, 0.4) is 0 Å². The molecule has 3 nitrogen and oxygen atoms in total. The lowest BCUT2D eigenvalue weighted by Gasteiger charge is -2.15. The standard InChI is InChI=1S/C14H17BrN2O/c1-17-14(7-8-16-17)6-5-12(10-18)11-3-2-4-13(15)9-11/h2-4,7-9,12,18H,5-6,10H2,1H3. The maximum absolute atomic E-state index is 9.53. The molecule has 0 radical (unpaired) electrons. The first-order chi connectivity index (χ1) is 8.70. The molecular weight excluding hydrogens is 292 g/mol. The summed E-state index contributed by atoms with van der Waals surface area (Å²) >= 11 is 3.47. The van der Waals surface area contributed by atoms with Crippen LogP contribution in [0.15, 0.2) is 41.0 Å². The topological polar surface area (TPSA) is 38.0 Å². The van der Waals surface area contributed by atoms with E-state index in [4.69, 9.17) is 0 Å². The highest BCUT2D eigenvalue weighted by Crippen LogP contribution is 2.24. The van der Waals surface area contributed by atoms with Crippen LogP contribution in [0.5, 0.6) is 0 Å². The van der Waals surface area contributed by atoms with E-state index in [1.54, 1.807) is 0 Å². The van der Waals surface area contributed by atoms with Crippen molar-refractivity contribution in [2.75, 3.05) is 6.61 Å². The minimum Gasteiger partial charge on any atom is -0.396 e. The van der Waals surface area contributed by atoms with E-state index < -0.39 is 0 Å². The average Bonchev–Trinajstić information content (AvgIpc) is 2.76. The Kier molecular flexibility index (Phi) is 4.55. The number of aromatic nitrogens is 2. The summed E-state index contributed by atoms with van der Waals surface area (Å²) in [4.78, 5) is 0. The quantitative estimate of drug-likeness (QED) is 0.922. The number of benzene rings is 1. The third-order valence-corrected chi connectivity index (χ3v) is 3.71. The molecule has 0 aliphatic rings. The van der Waals surface area contributed by atoms with E-state index in [9.17, 15) is 5.11 Å². The van der Waals surface area contributed by atoms with Crippen molar-refractivity contribution in [1.29, 1.82) is 0 Å². The number of hydrogen-bond acceptors (Lipinski definition) is 2. The first kappa shape index (κ1) is 13.3. The first-order valence-corrected chi connectivity index (χ1v) is 6.83. The average molecular weight is 309 g/mol. The zero-order chi connectivity index (χ0) is 13.0. The summed E-state index contributed by atoms with van der Waals surface area (Å²) in [6, 6.07) is 10.2. The molecule has 0 aliphatic carbocycles. The van der Waals surface area contributed by atoms with E-state index in [1.165, 1.54) is 11.3 Å². The molecule has 0 fully saturated rings. The van der Waals surface area contributed by atoms with Gasteiger partial charge in [0.25, 0.3) is 0 Å². The van der Waals surface area contributed by atoms with Gasteiger partial charge in [-0.1, -0.05) is 28.1 Å². The van der Waals surface area contributed by atoms with E-state index in [0.29, 0.717) is 0 Å². The molecule has 96 valence electrons. The second-order valence-corrected chi connectivity index (χ2v) is 5.34. The van der Waals surface area contributed by atoms with Gasteiger partial charge in [-0.15, -0.1) is 0 Å². The van der Waals surface area contributed by atoms with Gasteiger partial charge in [-0.25, -0.2) is 0 Å². The van der Waals surface area contributed by atoms with Gasteiger partial charge in [-0.3, -0.25) is 4.68 Å². The van der Waals surface area contributed by atoms with Crippen molar-refractivity contribution in [3.8, 4) is 0 Å². The zero-order valence-electron chi connectivity index (χ0n) is 10.4. The smallest absolute Gasteiger partial charge is 0.0499 e. The van der Waals surface area contributed by atoms with Gasteiger partial charge in [0.05, 0.1) is 0 Å². The molecule has 1 aromatic heterocycles. The molecular formula is C14H17BrN2O. The van der Waals surface area contributed by atoms with Crippen molar-refractivity contribution in [3.05, 3.63) is 52.3 Å². The van der Waals surface area contributed by atoms with Crippen LogP contribution in [-0.4, -0.2) is 21.5 Å². The highest BCUT2D eigenvalue weighted by Gasteiger charge is 2.12. The van der Waals surface area contributed by atoms with Gasteiger partial charge in [0.1, 0.15) is 0 Å². The molecule has 1 unspecified atom stereocenters. The molecule has 4 heteroatoms. The SMILES string of the molecule is Cn1nccc1CCC(CO)c1cccc(Br)c1. The van der Waals surface area contributed by atoms with Crippen molar-refractivity contribution in [2.24, 2.45) is 7.05 Å². The Bertz CT molecular complexity index is 510. The fraction of sp³-hybridized carbons (Fsp3) is 0.357. The molecule has 1 heterocycles. The third kappa shape index (κ3) is 3.21. The van der Waals surface area contributed by atoms with Crippen molar-refractivity contribution >= 4 is 15.9 Å². The zero-order valence-corrected chi connectivity index (χ0v) is 12.0. The van der Waals surface area contributed by atoms with E-state index >= 15 is 0 Å². The second kappa shape index (κ2) is 6.16. The van der Waals surface area contributed by atoms with Crippen LogP contribution in [0.2, 0.25) is 0 Å². The van der Waals surface area contributed by atoms with Crippen LogP contribution in [0, 0.1) is 0 Å². The van der Waals surface area contributed by atoms with E-state index in [-0.39, 0.29) is 12.5 Å². The summed E-state index contributed by atoms with van der Waals surface area (Å²) in [6.45, 7) is 0.175. The first-order valence-electron chi connectivity index (χ1n) is 6.04. The Labute approximate surface area is 116 Å². The highest BCUT2D eigenvalue weighted by atomic mass is 79.9. The maximum atomic E-state index is 9.53. The lowest BCUT2D eigenvalue weighted by Crippen LogP contribution is -2.07. The van der Waals surface area contributed by atoms with Crippen LogP contribution < -0.4 is 0 Å². The monoisotopic (exact) mass is 308 g/mol. The second-order valence-electron chi connectivity index (χ2n) is 4.42. The molecule has 0 spiro atoms. The Morgan fingerprint density at radius 3 is 2.83 bits per heavy atom. The van der Waals surface area contributed by atoms with Gasteiger partial charge in [-0.2, -0.15) is 5.10 Å². The molecule has 0 aliphatic heterocycles. The Morgan fingerprint density at radius 2 is 2.22 bits per heavy atom. The summed E-state index contributed by atoms with van der Waals surface area (Å²) in [5, 5.41) is 13.7. The number of hydrogen-bond donors (Lipinski definition) is 1. The lowest BCUT2D eigenvalue weighted by atomic mass is 9.94. The number of rotatable bonds is 5. The summed E-state index contributed by atoms with van der Waals surface area (Å²) in [5.74, 6) is 0.178. The van der Waals surface area contributed by atoms with Crippen LogP contribution in [0.1, 0.15) is 23.6 Å². The van der Waals surface area contributed by atoms with Gasteiger partial charge in [0.2, 0.25) is 0 Å². The van der Waals surface area contributed by atoms with Crippen LogP contribution in [0.4, 0.5) is 0 Å². The summed E-state index contributed by atoms with van der Waals surface area (Å²) < 4.78 is 2.94. The van der Waals surface area contributed by atoms with Gasteiger partial charge in [0.15, 0.2) is 0 Å². The van der Waals surface area contributed by atoms with Crippen molar-refractivity contribution in [1.82, 2.24) is 9.78 Å². The number of nitrogens with zero attached hydrogens (tertiary/aromatic N) is 2. The number of aliphatic hydroxyl groups excluding tert-OH is 1. The maximum Gasteiger partial charge on any atom is 0.0499 e. The lowest BCUT2D eigenvalue weighted by molar-refractivity contribution is 0.259. The normalized spacial score (nSPS) is 12.6. The molecule has 0 saturated carbocycles. The van der Waals surface area contributed by atoms with Crippen molar-refractivity contribution < 1.29 is 5.11 Å². The van der Waals surface area contributed by atoms with E-state index in [2.05, 4.69) is 33.2 Å². The molecule has 1 N–H and O–H groups in total. The molecule has 1 atom stereocenters. The minimum absolute atomic E-state index is 0.175. The number of aryl methyl sites for hydroxylation is 2. The Hall–Kier alpha value is -1.13. The summed E-state index contributed by atoms with van der Waals surface area (Å²) in [5.41, 5.74) is 2.37.